The van der Waals surface area contributed by atoms with Gasteiger partial charge in [0, 0.05) is 24.7 Å². The lowest BCUT2D eigenvalue weighted by molar-refractivity contribution is 0.0774. The first kappa shape index (κ1) is 14.4. The molecule has 1 heterocycles. The Balaban J connectivity index is 2.16. The van der Waals surface area contributed by atoms with E-state index in [1.54, 1.807) is 0 Å². The Hall–Kier alpha value is -1.05. The fraction of sp³-hybridized carbons (Fsp3) is 0.417. The molecule has 2 N–H and O–H groups in total. The summed E-state index contributed by atoms with van der Waals surface area (Å²) in [6.07, 6.45) is -0.203. The first-order valence-electron chi connectivity index (χ1n) is 5.72. The number of amides is 1. The molecule has 2 atom stereocenters. The highest BCUT2D eigenvalue weighted by atomic mass is 79.9. The predicted molar refractivity (Wildman–Crippen MR) is 69.0 cm³/mol. The van der Waals surface area contributed by atoms with Crippen LogP contribution in [0.15, 0.2) is 16.6 Å². The van der Waals surface area contributed by atoms with Gasteiger partial charge in [-0.1, -0.05) is 15.9 Å². The summed E-state index contributed by atoms with van der Waals surface area (Å²) in [4.78, 5) is 11.9. The summed E-state index contributed by atoms with van der Waals surface area (Å²) < 4.78 is 32.7. The lowest BCUT2D eigenvalue weighted by Gasteiger charge is -2.18. The fourth-order valence-electron chi connectivity index (χ4n) is 2.05. The van der Waals surface area contributed by atoms with Crippen LogP contribution in [0.4, 0.5) is 8.78 Å². The van der Waals surface area contributed by atoms with E-state index in [4.69, 9.17) is 4.74 Å². The van der Waals surface area contributed by atoms with Crippen LogP contribution in [-0.4, -0.2) is 38.3 Å². The van der Waals surface area contributed by atoms with E-state index in [-0.39, 0.29) is 16.6 Å². The van der Waals surface area contributed by atoms with Gasteiger partial charge < -0.3 is 15.4 Å². The third-order valence-electron chi connectivity index (χ3n) is 3.01. The van der Waals surface area contributed by atoms with Crippen LogP contribution in [-0.2, 0) is 4.74 Å². The number of hydrogen-bond donors (Lipinski definition) is 2. The van der Waals surface area contributed by atoms with Gasteiger partial charge in [0.15, 0.2) is 0 Å². The highest BCUT2D eigenvalue weighted by molar-refractivity contribution is 9.10. The third kappa shape index (κ3) is 3.10. The van der Waals surface area contributed by atoms with Gasteiger partial charge in [-0.2, -0.15) is 0 Å². The van der Waals surface area contributed by atoms with Gasteiger partial charge in [0.2, 0.25) is 0 Å². The molecule has 7 heteroatoms. The van der Waals surface area contributed by atoms with Crippen molar-refractivity contribution in [2.45, 2.75) is 12.1 Å². The molecule has 0 aliphatic carbocycles. The van der Waals surface area contributed by atoms with Crippen LogP contribution in [0.5, 0.6) is 0 Å². The monoisotopic (exact) mass is 334 g/mol. The van der Waals surface area contributed by atoms with Crippen molar-refractivity contribution in [3.63, 3.8) is 0 Å². The van der Waals surface area contributed by atoms with E-state index >= 15 is 0 Å². The van der Waals surface area contributed by atoms with E-state index in [0.29, 0.717) is 13.1 Å². The van der Waals surface area contributed by atoms with Gasteiger partial charge in [-0.3, -0.25) is 4.79 Å². The average Bonchev–Trinajstić information content (AvgIpc) is 2.74. The van der Waals surface area contributed by atoms with Gasteiger partial charge in [-0.15, -0.1) is 0 Å². The predicted octanol–water partition coefficient (Wildman–Crippen LogP) is 1.44. The lowest BCUT2D eigenvalue weighted by Crippen LogP contribution is -2.44. The number of rotatable bonds is 3. The minimum absolute atomic E-state index is 0.203. The molecule has 1 fully saturated rings. The molecule has 0 radical (unpaired) electrons. The van der Waals surface area contributed by atoms with Crippen molar-refractivity contribution in [2.24, 2.45) is 0 Å². The zero-order valence-electron chi connectivity index (χ0n) is 10.2. The molecule has 1 saturated heterocycles. The molecule has 1 aromatic rings. The molecule has 1 unspecified atom stereocenters. The Kier molecular flexibility index (Phi) is 4.49. The number of carbonyl (C=O) groups excluding carboxylic acids is 1. The lowest BCUT2D eigenvalue weighted by atomic mass is 10.1. The van der Waals surface area contributed by atoms with Crippen LogP contribution in [0.25, 0.3) is 0 Å². The summed E-state index contributed by atoms with van der Waals surface area (Å²) in [5.41, 5.74) is -0.579. The van der Waals surface area contributed by atoms with Crippen LogP contribution >= 0.6 is 15.9 Å². The van der Waals surface area contributed by atoms with Crippen molar-refractivity contribution < 1.29 is 18.3 Å². The van der Waals surface area contributed by atoms with Gasteiger partial charge >= 0.3 is 0 Å². The topological polar surface area (TPSA) is 50.4 Å². The molecule has 0 bridgehead atoms. The van der Waals surface area contributed by atoms with E-state index in [1.165, 1.54) is 7.11 Å². The zero-order chi connectivity index (χ0) is 14.0. The Morgan fingerprint density at radius 3 is 2.63 bits per heavy atom. The molecule has 4 nitrogen and oxygen atoms in total. The van der Waals surface area contributed by atoms with E-state index in [9.17, 15) is 13.6 Å². The first-order chi connectivity index (χ1) is 9.02. The average molecular weight is 335 g/mol. The van der Waals surface area contributed by atoms with E-state index in [1.807, 2.05) is 0 Å². The Labute approximate surface area is 117 Å². The summed E-state index contributed by atoms with van der Waals surface area (Å²) in [6.45, 7) is 1.09. The van der Waals surface area contributed by atoms with E-state index < -0.39 is 23.1 Å². The van der Waals surface area contributed by atoms with Gasteiger partial charge in [0.1, 0.15) is 17.2 Å². The summed E-state index contributed by atoms with van der Waals surface area (Å²) in [7, 11) is 1.53. The summed E-state index contributed by atoms with van der Waals surface area (Å²) in [5.74, 6) is -2.58. The summed E-state index contributed by atoms with van der Waals surface area (Å²) in [5, 5.41) is 5.61. The second-order valence-electron chi connectivity index (χ2n) is 4.26. The largest absolute Gasteiger partial charge is 0.378 e. The van der Waals surface area contributed by atoms with Crippen LogP contribution in [0, 0.1) is 11.6 Å². The standard InChI is InChI=1S/C12H13BrF2N2O2/c1-19-10-5-16-4-9(10)17-12(18)11-7(14)2-6(13)3-8(11)15/h2-3,9-10,16H,4-5H2,1H3,(H,17,18)/t9?,10-/m0/s1. The SMILES string of the molecule is CO[C@H]1CNCC1NC(=O)c1c(F)cc(Br)cc1F. The molecule has 1 amide bonds. The van der Waals surface area contributed by atoms with Crippen LogP contribution in [0.3, 0.4) is 0 Å². The molecule has 1 aliphatic rings. The van der Waals surface area contributed by atoms with E-state index in [2.05, 4.69) is 26.6 Å². The number of nitrogens with one attached hydrogen (secondary N) is 2. The Morgan fingerprint density at radius 2 is 2.05 bits per heavy atom. The minimum atomic E-state index is -0.899. The van der Waals surface area contributed by atoms with Crippen molar-refractivity contribution in [3.8, 4) is 0 Å². The molecule has 104 valence electrons. The number of carbonyl (C=O) groups is 1. The molecule has 1 aliphatic heterocycles. The fourth-order valence-corrected chi connectivity index (χ4v) is 2.45. The third-order valence-corrected chi connectivity index (χ3v) is 3.47. The van der Waals surface area contributed by atoms with Gasteiger partial charge in [0.25, 0.3) is 5.91 Å². The maximum absolute atomic E-state index is 13.6. The van der Waals surface area contributed by atoms with E-state index in [0.717, 1.165) is 12.1 Å². The quantitative estimate of drug-likeness (QED) is 0.879. The normalized spacial score (nSPS) is 22.5. The summed E-state index contributed by atoms with van der Waals surface area (Å²) >= 11 is 2.96. The number of ether oxygens (including phenoxy) is 1. The summed E-state index contributed by atoms with van der Waals surface area (Å²) in [6, 6.07) is 1.80. The van der Waals surface area contributed by atoms with Crippen molar-refractivity contribution >= 4 is 21.8 Å². The molecule has 1 aromatic carbocycles. The molecule has 0 spiro atoms. The first-order valence-corrected chi connectivity index (χ1v) is 6.51. The second-order valence-corrected chi connectivity index (χ2v) is 5.17. The van der Waals surface area contributed by atoms with Gasteiger partial charge in [-0.05, 0) is 12.1 Å². The van der Waals surface area contributed by atoms with Crippen LogP contribution in [0.1, 0.15) is 10.4 Å². The van der Waals surface area contributed by atoms with Crippen LogP contribution < -0.4 is 10.6 Å². The minimum Gasteiger partial charge on any atom is -0.378 e. The smallest absolute Gasteiger partial charge is 0.257 e. The van der Waals surface area contributed by atoms with Crippen molar-refractivity contribution in [3.05, 3.63) is 33.8 Å². The molecule has 0 aromatic heterocycles. The maximum atomic E-state index is 13.6. The number of benzene rings is 1. The number of methoxy groups -OCH3 is 1. The van der Waals surface area contributed by atoms with Crippen molar-refractivity contribution in [1.29, 1.82) is 0 Å². The number of hydrogen-bond acceptors (Lipinski definition) is 3. The second kappa shape index (κ2) is 5.94. The highest BCUT2D eigenvalue weighted by Gasteiger charge is 2.30. The molecule has 19 heavy (non-hydrogen) atoms. The van der Waals surface area contributed by atoms with Crippen molar-refractivity contribution in [1.82, 2.24) is 10.6 Å². The molecular weight excluding hydrogens is 322 g/mol. The maximum Gasteiger partial charge on any atom is 0.257 e. The molecule has 2 rings (SSSR count). The van der Waals surface area contributed by atoms with Crippen LogP contribution in [0.2, 0.25) is 0 Å². The van der Waals surface area contributed by atoms with Gasteiger partial charge in [-0.25, -0.2) is 8.78 Å². The van der Waals surface area contributed by atoms with Crippen molar-refractivity contribution in [2.75, 3.05) is 20.2 Å². The zero-order valence-corrected chi connectivity index (χ0v) is 11.8. The Morgan fingerprint density at radius 1 is 1.42 bits per heavy atom. The Bertz CT molecular complexity index is 476. The molecule has 0 saturated carbocycles. The number of halogens is 3. The highest BCUT2D eigenvalue weighted by Crippen LogP contribution is 2.19. The molecular formula is C12H13BrF2N2O2. The van der Waals surface area contributed by atoms with Gasteiger partial charge in [0.05, 0.1) is 12.1 Å².